The second-order valence-corrected chi connectivity index (χ2v) is 8.10. The highest BCUT2D eigenvalue weighted by atomic mass is 19.4. The number of hydrogen-bond donors (Lipinski definition) is 1. The highest BCUT2D eigenvalue weighted by Gasteiger charge is 2.43. The fraction of sp³-hybridized carbons (Fsp3) is 0.571. The molecule has 1 saturated carbocycles. The van der Waals surface area contributed by atoms with Crippen LogP contribution < -0.4 is 10.1 Å². The fourth-order valence-electron chi connectivity index (χ4n) is 3.88. The molecule has 0 unspecified atom stereocenters. The number of alkyl halides is 3. The van der Waals surface area contributed by atoms with Crippen molar-refractivity contribution in [2.75, 3.05) is 20.3 Å². The summed E-state index contributed by atoms with van der Waals surface area (Å²) in [7, 11) is 1.48. The quantitative estimate of drug-likeness (QED) is 0.565. The van der Waals surface area contributed by atoms with Crippen molar-refractivity contribution >= 4 is 5.91 Å². The van der Waals surface area contributed by atoms with Crippen LogP contribution in [0.25, 0.3) is 0 Å². The molecule has 2 aliphatic rings. The number of benzene rings is 1. The predicted molar refractivity (Wildman–Crippen MR) is 105 cm³/mol. The summed E-state index contributed by atoms with van der Waals surface area (Å²) < 4.78 is 76.0. The Kier molecular flexibility index (Phi) is 7.33. The number of methoxy groups -OCH3 is 1. The van der Waals surface area contributed by atoms with Crippen LogP contribution in [0.4, 0.5) is 17.6 Å². The van der Waals surface area contributed by atoms with Gasteiger partial charge < -0.3 is 23.9 Å². The van der Waals surface area contributed by atoms with E-state index in [1.54, 1.807) is 0 Å². The maximum Gasteiger partial charge on any atom is 0.522 e. The van der Waals surface area contributed by atoms with E-state index in [1.807, 2.05) is 0 Å². The lowest BCUT2D eigenvalue weighted by atomic mass is 9.82. The Hall–Kier alpha value is -2.77. The van der Waals surface area contributed by atoms with Gasteiger partial charge in [-0.05, 0) is 43.5 Å². The first-order chi connectivity index (χ1) is 16.2. The Morgan fingerprint density at radius 1 is 1.15 bits per heavy atom. The van der Waals surface area contributed by atoms with Crippen molar-refractivity contribution in [2.24, 2.45) is 0 Å². The van der Waals surface area contributed by atoms with E-state index in [0.29, 0.717) is 12.2 Å². The summed E-state index contributed by atoms with van der Waals surface area (Å²) in [4.78, 5) is 12.2. The number of carbonyl (C=O) groups is 1. The molecule has 1 aliphatic heterocycles. The molecule has 0 spiro atoms. The van der Waals surface area contributed by atoms with Gasteiger partial charge in [0.05, 0.1) is 24.9 Å². The zero-order valence-corrected chi connectivity index (χ0v) is 18.1. The lowest BCUT2D eigenvalue weighted by molar-refractivity contribution is -0.352. The SMILES string of the molecule is CO[C@H]1C[C@H](NC(=O)COc2ccc(F)cc2)CO[C@H]1c1nnc([C@H]2C[C@@H](OC(F)(F)F)C2)o1. The zero-order chi connectivity index (χ0) is 24.3. The number of halogens is 4. The van der Waals surface area contributed by atoms with E-state index in [2.05, 4.69) is 20.3 Å². The standard InChI is InChI=1S/C21H23F4N3O6/c1-30-16-8-13(26-17(29)10-31-14-4-2-12(22)3-5-14)9-32-18(16)20-28-27-19(33-20)11-6-15(7-11)34-21(23,24)25/h2-5,11,13,15-16,18H,6-10H2,1H3,(H,26,29)/t11-,13-,15+,16-,18+/m0/s1. The molecule has 0 bridgehead atoms. The van der Waals surface area contributed by atoms with Crippen molar-refractivity contribution in [3.05, 3.63) is 41.9 Å². The molecule has 1 amide bonds. The second-order valence-electron chi connectivity index (χ2n) is 8.10. The topological polar surface area (TPSA) is 105 Å². The van der Waals surface area contributed by atoms with Crippen LogP contribution in [0.1, 0.15) is 43.1 Å². The lowest BCUT2D eigenvalue weighted by Gasteiger charge is -2.34. The van der Waals surface area contributed by atoms with E-state index in [0.717, 1.165) is 0 Å². The molecule has 0 radical (unpaired) electrons. The molecule has 1 aliphatic carbocycles. The van der Waals surface area contributed by atoms with Crippen LogP contribution >= 0.6 is 0 Å². The Bertz CT molecular complexity index is 964. The maximum absolute atomic E-state index is 12.9. The van der Waals surface area contributed by atoms with Crippen LogP contribution in [-0.2, 0) is 19.0 Å². The van der Waals surface area contributed by atoms with Gasteiger partial charge in [0, 0.05) is 13.0 Å². The van der Waals surface area contributed by atoms with Crippen molar-refractivity contribution in [1.82, 2.24) is 15.5 Å². The number of carbonyl (C=O) groups excluding carboxylic acids is 1. The summed E-state index contributed by atoms with van der Waals surface area (Å²) in [6.45, 7) is -0.105. The highest BCUT2D eigenvalue weighted by Crippen LogP contribution is 2.41. The number of rotatable bonds is 8. The zero-order valence-electron chi connectivity index (χ0n) is 18.1. The maximum atomic E-state index is 12.9. The third-order valence-electron chi connectivity index (χ3n) is 5.63. The first-order valence-electron chi connectivity index (χ1n) is 10.6. The van der Waals surface area contributed by atoms with Crippen molar-refractivity contribution in [1.29, 1.82) is 0 Å². The van der Waals surface area contributed by atoms with Gasteiger partial charge in [-0.15, -0.1) is 23.4 Å². The minimum Gasteiger partial charge on any atom is -0.484 e. The van der Waals surface area contributed by atoms with Gasteiger partial charge in [0.15, 0.2) is 12.7 Å². The first kappa shape index (κ1) is 24.4. The molecule has 13 heteroatoms. The molecule has 9 nitrogen and oxygen atoms in total. The van der Waals surface area contributed by atoms with Crippen LogP contribution in [0.5, 0.6) is 5.75 Å². The Labute approximate surface area is 191 Å². The molecule has 4 rings (SSSR count). The lowest BCUT2D eigenvalue weighted by Crippen LogP contribution is -2.48. The number of amides is 1. The van der Waals surface area contributed by atoms with E-state index >= 15 is 0 Å². The van der Waals surface area contributed by atoms with E-state index in [4.69, 9.17) is 18.6 Å². The van der Waals surface area contributed by atoms with Gasteiger partial charge in [-0.3, -0.25) is 9.53 Å². The summed E-state index contributed by atoms with van der Waals surface area (Å²) >= 11 is 0. The minimum absolute atomic E-state index is 0.133. The van der Waals surface area contributed by atoms with Gasteiger partial charge >= 0.3 is 6.36 Å². The third-order valence-corrected chi connectivity index (χ3v) is 5.63. The van der Waals surface area contributed by atoms with Crippen molar-refractivity contribution in [2.45, 2.75) is 55.9 Å². The molecule has 1 aromatic carbocycles. The van der Waals surface area contributed by atoms with E-state index in [9.17, 15) is 22.4 Å². The van der Waals surface area contributed by atoms with Crippen molar-refractivity contribution < 1.29 is 45.7 Å². The fourth-order valence-corrected chi connectivity index (χ4v) is 3.88. The van der Waals surface area contributed by atoms with E-state index in [1.165, 1.54) is 31.4 Å². The molecule has 2 aromatic rings. The summed E-state index contributed by atoms with van der Waals surface area (Å²) in [6, 6.07) is 4.94. The van der Waals surface area contributed by atoms with Gasteiger partial charge in [0.1, 0.15) is 11.6 Å². The number of ether oxygens (including phenoxy) is 4. The monoisotopic (exact) mass is 489 g/mol. The second kappa shape index (κ2) is 10.2. The normalized spacial score (nSPS) is 27.1. The molecule has 34 heavy (non-hydrogen) atoms. The molecular weight excluding hydrogens is 466 g/mol. The van der Waals surface area contributed by atoms with Crippen LogP contribution in [0.2, 0.25) is 0 Å². The first-order valence-corrected chi connectivity index (χ1v) is 10.6. The Morgan fingerprint density at radius 3 is 2.53 bits per heavy atom. The van der Waals surface area contributed by atoms with Gasteiger partial charge in [-0.1, -0.05) is 0 Å². The number of aromatic nitrogens is 2. The predicted octanol–water partition coefficient (Wildman–Crippen LogP) is 3.03. The highest BCUT2D eigenvalue weighted by molar-refractivity contribution is 5.77. The van der Waals surface area contributed by atoms with Crippen LogP contribution in [-0.4, -0.2) is 61.0 Å². The third kappa shape index (κ3) is 6.21. The molecule has 3 atom stereocenters. The van der Waals surface area contributed by atoms with E-state index in [-0.39, 0.29) is 55.7 Å². The van der Waals surface area contributed by atoms with Crippen LogP contribution in [0, 0.1) is 5.82 Å². The van der Waals surface area contributed by atoms with Crippen LogP contribution in [0.3, 0.4) is 0 Å². The molecule has 2 fully saturated rings. The van der Waals surface area contributed by atoms with Crippen LogP contribution in [0.15, 0.2) is 28.7 Å². The van der Waals surface area contributed by atoms with Gasteiger partial charge in [-0.2, -0.15) is 0 Å². The summed E-state index contributed by atoms with van der Waals surface area (Å²) in [5.74, 6) is -0.355. The summed E-state index contributed by atoms with van der Waals surface area (Å²) in [6.07, 6.45) is -6.12. The minimum atomic E-state index is -4.67. The Balaban J connectivity index is 1.25. The number of hydrogen-bond acceptors (Lipinski definition) is 8. The molecule has 2 heterocycles. The molecular formula is C21H23F4N3O6. The van der Waals surface area contributed by atoms with Gasteiger partial charge in [-0.25, -0.2) is 4.39 Å². The smallest absolute Gasteiger partial charge is 0.484 e. The summed E-state index contributed by atoms with van der Waals surface area (Å²) in [5, 5.41) is 10.7. The number of nitrogens with zero attached hydrogens (tertiary/aromatic N) is 2. The number of nitrogens with one attached hydrogen (secondary N) is 1. The molecule has 1 saturated heterocycles. The summed E-state index contributed by atoms with van der Waals surface area (Å²) in [5.41, 5.74) is 0. The molecule has 1 N–H and O–H groups in total. The van der Waals surface area contributed by atoms with E-state index < -0.39 is 30.5 Å². The molecule has 1 aromatic heterocycles. The van der Waals surface area contributed by atoms with Crippen molar-refractivity contribution in [3.63, 3.8) is 0 Å². The van der Waals surface area contributed by atoms with Crippen molar-refractivity contribution in [3.8, 4) is 5.75 Å². The Morgan fingerprint density at radius 2 is 1.85 bits per heavy atom. The average molecular weight is 489 g/mol. The average Bonchev–Trinajstić information content (AvgIpc) is 3.24. The van der Waals surface area contributed by atoms with Gasteiger partial charge in [0.2, 0.25) is 11.8 Å². The largest absolute Gasteiger partial charge is 0.522 e. The molecule has 186 valence electrons. The van der Waals surface area contributed by atoms with Gasteiger partial charge in [0.25, 0.3) is 5.91 Å².